The second-order valence-electron chi connectivity index (χ2n) is 13.6. The van der Waals surface area contributed by atoms with E-state index in [1.807, 2.05) is 22.9 Å². The van der Waals surface area contributed by atoms with Gasteiger partial charge < -0.3 is 24.3 Å². The summed E-state index contributed by atoms with van der Waals surface area (Å²) in [4.78, 5) is 35.7. The number of amides is 1. The maximum atomic E-state index is 13.8. The van der Waals surface area contributed by atoms with Gasteiger partial charge >= 0.3 is 0 Å². The largest absolute Gasteiger partial charge is 0.392 e. The molecule has 7 rings (SSSR count). The van der Waals surface area contributed by atoms with E-state index in [1.165, 1.54) is 15.8 Å². The zero-order chi connectivity index (χ0) is 32.3. The molecule has 12 nitrogen and oxygen atoms in total. The number of nitrogens with zero attached hydrogens (tertiary/aromatic N) is 7. The smallest absolute Gasteiger partial charge is 0.276 e. The Balaban J connectivity index is 1.18. The van der Waals surface area contributed by atoms with Crippen molar-refractivity contribution in [2.75, 3.05) is 37.0 Å². The first-order valence-electron chi connectivity index (χ1n) is 16.0. The van der Waals surface area contributed by atoms with Crippen molar-refractivity contribution < 1.29 is 14.6 Å². The summed E-state index contributed by atoms with van der Waals surface area (Å²) in [5, 5.41) is 18.6. The van der Waals surface area contributed by atoms with Crippen LogP contribution in [0.5, 0.6) is 0 Å². The lowest BCUT2D eigenvalue weighted by atomic mass is 9.90. The van der Waals surface area contributed by atoms with Crippen LogP contribution in [0.1, 0.15) is 53.8 Å². The van der Waals surface area contributed by atoms with Crippen LogP contribution in [0, 0.1) is 5.41 Å². The molecule has 0 bridgehead atoms. The number of fused-ring (bicyclic) bond motifs is 4. The third-order valence-corrected chi connectivity index (χ3v) is 9.69. The first-order valence-corrected chi connectivity index (χ1v) is 16.0. The molecule has 3 aliphatic rings. The second kappa shape index (κ2) is 11.5. The van der Waals surface area contributed by atoms with Gasteiger partial charge in [0.05, 0.1) is 25.5 Å². The van der Waals surface area contributed by atoms with Crippen LogP contribution in [0.3, 0.4) is 0 Å². The van der Waals surface area contributed by atoms with Crippen LogP contribution in [0.25, 0.3) is 11.1 Å². The third kappa shape index (κ3) is 5.23. The molecule has 1 unspecified atom stereocenters. The predicted octanol–water partition coefficient (Wildman–Crippen LogP) is 3.32. The van der Waals surface area contributed by atoms with E-state index in [1.54, 1.807) is 37.5 Å². The van der Waals surface area contributed by atoms with Crippen molar-refractivity contribution in [3.05, 3.63) is 75.2 Å². The molecule has 46 heavy (non-hydrogen) atoms. The van der Waals surface area contributed by atoms with Crippen molar-refractivity contribution in [1.29, 1.82) is 0 Å². The molecule has 2 N–H and O–H groups in total. The summed E-state index contributed by atoms with van der Waals surface area (Å²) >= 11 is 0. The van der Waals surface area contributed by atoms with Crippen LogP contribution >= 0.6 is 0 Å². The number of carbonyl (C=O) groups excluding carboxylic acids is 1. The number of aryl methyl sites for hydroxylation is 1. The fraction of sp³-hybridized carbons (Fsp3) is 0.471. The van der Waals surface area contributed by atoms with Crippen LogP contribution in [0.2, 0.25) is 0 Å². The quantitative estimate of drug-likeness (QED) is 0.306. The van der Waals surface area contributed by atoms with E-state index in [0.717, 1.165) is 43.7 Å². The Morgan fingerprint density at radius 3 is 2.72 bits per heavy atom. The Labute approximate surface area is 268 Å². The van der Waals surface area contributed by atoms with Crippen molar-refractivity contribution in [2.45, 2.75) is 65.9 Å². The van der Waals surface area contributed by atoms with E-state index >= 15 is 0 Å². The number of carbonyl (C=O) groups is 1. The molecule has 1 atom stereocenters. The molecular formula is C34H42N8O4. The van der Waals surface area contributed by atoms with Gasteiger partial charge in [-0.15, -0.1) is 0 Å². The molecule has 4 aromatic rings. The number of hydrogen-bond donors (Lipinski definition) is 2. The highest BCUT2D eigenvalue weighted by Crippen LogP contribution is 2.40. The number of anilines is 3. The van der Waals surface area contributed by atoms with E-state index in [9.17, 15) is 14.7 Å². The number of rotatable bonds is 8. The number of aliphatic hydroxyl groups excluding tert-OH is 1. The number of nitrogens with one attached hydrogen (secondary N) is 1. The number of aromatic nitrogens is 5. The lowest BCUT2D eigenvalue weighted by molar-refractivity contribution is 0.0797. The fourth-order valence-corrected chi connectivity index (χ4v) is 7.41. The molecule has 12 heteroatoms. The van der Waals surface area contributed by atoms with Gasteiger partial charge in [0.25, 0.3) is 11.5 Å². The van der Waals surface area contributed by atoms with Gasteiger partial charge in [-0.2, -0.15) is 5.10 Å². The van der Waals surface area contributed by atoms with Crippen molar-refractivity contribution in [3.8, 4) is 11.1 Å². The normalized spacial score (nSPS) is 18.0. The Morgan fingerprint density at radius 1 is 1.11 bits per heavy atom. The van der Waals surface area contributed by atoms with Gasteiger partial charge in [-0.05, 0) is 54.5 Å². The molecule has 0 fully saturated rings. The minimum atomic E-state index is -0.314. The molecule has 4 aromatic heterocycles. The van der Waals surface area contributed by atoms with Gasteiger partial charge in [0.15, 0.2) is 5.82 Å². The number of pyridine rings is 2. The SMILES string of the molecule is COCC(C)N1CCn2nc(Nc3cc(-c4ccnc(N5CCn6c(cc7c6CC(C)(C)C7)C5=O)c4CO)cn(C)c3=O)cc2C1. The minimum Gasteiger partial charge on any atom is -0.392 e. The molecule has 1 amide bonds. The minimum absolute atomic E-state index is 0.112. The molecule has 2 aliphatic heterocycles. The molecular weight excluding hydrogens is 584 g/mol. The summed E-state index contributed by atoms with van der Waals surface area (Å²) in [5.74, 6) is 0.926. The summed E-state index contributed by atoms with van der Waals surface area (Å²) in [7, 11) is 3.42. The van der Waals surface area contributed by atoms with Gasteiger partial charge in [0.2, 0.25) is 0 Å². The maximum absolute atomic E-state index is 13.8. The zero-order valence-corrected chi connectivity index (χ0v) is 27.2. The van der Waals surface area contributed by atoms with E-state index in [2.05, 4.69) is 40.5 Å². The molecule has 1 aliphatic carbocycles. The van der Waals surface area contributed by atoms with Gasteiger partial charge in [0.1, 0.15) is 17.2 Å². The zero-order valence-electron chi connectivity index (χ0n) is 27.2. The monoisotopic (exact) mass is 626 g/mol. The van der Waals surface area contributed by atoms with Crippen LogP contribution < -0.4 is 15.8 Å². The number of aliphatic hydroxyl groups is 1. The number of hydrogen-bond acceptors (Lipinski definition) is 8. The van der Waals surface area contributed by atoms with E-state index in [4.69, 9.17) is 9.84 Å². The van der Waals surface area contributed by atoms with E-state index < -0.39 is 0 Å². The molecule has 0 radical (unpaired) electrons. The summed E-state index contributed by atoms with van der Waals surface area (Å²) in [5.41, 5.74) is 6.59. The maximum Gasteiger partial charge on any atom is 0.276 e. The fourth-order valence-electron chi connectivity index (χ4n) is 7.41. The van der Waals surface area contributed by atoms with E-state index in [-0.39, 0.29) is 23.5 Å². The van der Waals surface area contributed by atoms with Gasteiger partial charge in [-0.1, -0.05) is 13.8 Å². The van der Waals surface area contributed by atoms with Crippen molar-refractivity contribution >= 4 is 23.2 Å². The number of methoxy groups -OCH3 is 1. The molecule has 6 heterocycles. The Morgan fingerprint density at radius 2 is 1.93 bits per heavy atom. The van der Waals surface area contributed by atoms with Crippen LogP contribution in [-0.2, 0) is 50.9 Å². The van der Waals surface area contributed by atoms with Crippen LogP contribution in [-0.4, -0.2) is 72.7 Å². The average molecular weight is 627 g/mol. The molecule has 0 saturated heterocycles. The predicted molar refractivity (Wildman–Crippen MR) is 175 cm³/mol. The van der Waals surface area contributed by atoms with Gasteiger partial charge in [-0.3, -0.25) is 24.1 Å². The third-order valence-electron chi connectivity index (χ3n) is 9.69. The van der Waals surface area contributed by atoms with Crippen molar-refractivity contribution in [2.24, 2.45) is 12.5 Å². The van der Waals surface area contributed by atoms with Gasteiger partial charge in [0, 0.05) is 81.7 Å². The summed E-state index contributed by atoms with van der Waals surface area (Å²) in [6.45, 7) is 10.5. The highest BCUT2D eigenvalue weighted by Gasteiger charge is 2.37. The highest BCUT2D eigenvalue weighted by atomic mass is 16.5. The first-order chi connectivity index (χ1) is 22.1. The Bertz CT molecular complexity index is 1890. The molecule has 0 aromatic carbocycles. The summed E-state index contributed by atoms with van der Waals surface area (Å²) in [6, 6.07) is 7.91. The highest BCUT2D eigenvalue weighted by molar-refractivity contribution is 6.06. The van der Waals surface area contributed by atoms with Crippen LogP contribution in [0.4, 0.5) is 17.3 Å². The average Bonchev–Trinajstić information content (AvgIpc) is 3.68. The first kappa shape index (κ1) is 30.4. The summed E-state index contributed by atoms with van der Waals surface area (Å²) < 4.78 is 11.0. The lowest BCUT2D eigenvalue weighted by Crippen LogP contribution is -2.41. The summed E-state index contributed by atoms with van der Waals surface area (Å²) in [6.07, 6.45) is 5.32. The lowest BCUT2D eigenvalue weighted by Gasteiger charge is -2.32. The van der Waals surface area contributed by atoms with E-state index in [0.29, 0.717) is 59.9 Å². The number of ether oxygens (including phenoxy) is 1. The molecule has 0 spiro atoms. The van der Waals surface area contributed by atoms with Crippen molar-refractivity contribution in [1.82, 2.24) is 28.8 Å². The molecule has 0 saturated carbocycles. The Hall–Kier alpha value is -4.26. The van der Waals surface area contributed by atoms with Crippen LogP contribution in [0.15, 0.2) is 41.5 Å². The topological polar surface area (TPSA) is 123 Å². The van der Waals surface area contributed by atoms with Gasteiger partial charge in [-0.25, -0.2) is 4.98 Å². The Kier molecular flexibility index (Phi) is 7.61. The standard InChI is InChI=1S/C34H42N8O4/c1-21(20-46-5)39-8-11-42-24(18-39)14-30(37-42)36-27-12-23(17-38(4)32(27)44)25-6-7-35-31(26(25)19-43)41-10-9-40-28(33(41)45)13-22-15-34(2,3)16-29(22)40/h6-7,12-14,17,21,43H,8-11,15-16,18-20H2,1-5H3,(H,36,37). The molecule has 242 valence electrons. The second-order valence-corrected chi connectivity index (χ2v) is 13.6. The van der Waals surface area contributed by atoms with Crippen molar-refractivity contribution in [3.63, 3.8) is 0 Å².